The lowest BCUT2D eigenvalue weighted by atomic mass is 10.1. The molecule has 1 atom stereocenters. The van der Waals surface area contributed by atoms with Crippen LogP contribution >= 0.6 is 0 Å². The van der Waals surface area contributed by atoms with Gasteiger partial charge in [0.2, 0.25) is 11.7 Å². The van der Waals surface area contributed by atoms with E-state index in [4.69, 9.17) is 20.4 Å². The molecule has 2 heterocycles. The topological polar surface area (TPSA) is 101 Å². The summed E-state index contributed by atoms with van der Waals surface area (Å²) in [6.45, 7) is 0.127. The number of rotatable bonds is 6. The average molecular weight is 525 g/mol. The maximum absolute atomic E-state index is 13.8. The van der Waals surface area contributed by atoms with E-state index in [1.807, 2.05) is 0 Å². The summed E-state index contributed by atoms with van der Waals surface area (Å²) in [5.41, 5.74) is 3.48. The minimum absolute atomic E-state index is 0.0247. The first-order chi connectivity index (χ1) is 17.4. The van der Waals surface area contributed by atoms with Crippen molar-refractivity contribution in [3.05, 3.63) is 71.1 Å². The van der Waals surface area contributed by atoms with Crippen LogP contribution in [0.2, 0.25) is 0 Å². The van der Waals surface area contributed by atoms with Gasteiger partial charge in [-0.2, -0.15) is 31.3 Å². The molecule has 0 aliphatic carbocycles. The van der Waals surface area contributed by atoms with Crippen molar-refractivity contribution in [3.63, 3.8) is 0 Å². The van der Waals surface area contributed by atoms with E-state index in [0.717, 1.165) is 30.7 Å². The zero-order chi connectivity index (χ0) is 26.8. The standard InChI is InChI=1S/C24H21F6N5O2/c25-23(26,27)16-7-2-1-5-14(16)6-4-12-36-19-10-9-15(13-17(19)24(28,29)30)20-33-21(37-34-20)18-8-3-11-35(18)22(31)32/h1-2,4-7,9-10,13,18H,3,8,11-12H2,(H3,31,32)/t18-/m0/s1. The summed E-state index contributed by atoms with van der Waals surface area (Å²) in [5.74, 6) is -0.613. The van der Waals surface area contributed by atoms with Crippen LogP contribution in [0.25, 0.3) is 17.5 Å². The largest absolute Gasteiger partial charge is 0.489 e. The van der Waals surface area contributed by atoms with Crippen molar-refractivity contribution in [2.75, 3.05) is 13.2 Å². The molecule has 0 amide bonds. The molecule has 2 aromatic carbocycles. The van der Waals surface area contributed by atoms with Gasteiger partial charge in [0.1, 0.15) is 18.4 Å². The Bertz CT molecular complexity index is 1300. The minimum atomic E-state index is -4.79. The second-order valence-electron chi connectivity index (χ2n) is 8.20. The molecular weight excluding hydrogens is 504 g/mol. The molecule has 0 saturated carbocycles. The smallest absolute Gasteiger partial charge is 0.419 e. The lowest BCUT2D eigenvalue weighted by Gasteiger charge is -2.21. The average Bonchev–Trinajstić information content (AvgIpc) is 3.51. The number of alkyl halides is 6. The summed E-state index contributed by atoms with van der Waals surface area (Å²) < 4.78 is 91.1. The Hall–Kier alpha value is -4.03. The molecule has 0 spiro atoms. The van der Waals surface area contributed by atoms with Crippen molar-refractivity contribution in [1.82, 2.24) is 15.0 Å². The van der Waals surface area contributed by atoms with Crippen molar-refractivity contribution >= 4 is 12.0 Å². The van der Waals surface area contributed by atoms with E-state index in [1.54, 1.807) is 4.90 Å². The van der Waals surface area contributed by atoms with Gasteiger partial charge < -0.3 is 19.9 Å². The van der Waals surface area contributed by atoms with Crippen LogP contribution in [-0.4, -0.2) is 34.2 Å². The van der Waals surface area contributed by atoms with Gasteiger partial charge in [-0.05, 0) is 48.7 Å². The van der Waals surface area contributed by atoms with Crippen LogP contribution in [0.5, 0.6) is 5.75 Å². The number of nitrogens with one attached hydrogen (secondary N) is 1. The Morgan fingerprint density at radius 1 is 1.11 bits per heavy atom. The van der Waals surface area contributed by atoms with E-state index in [0.29, 0.717) is 13.0 Å². The molecular formula is C24H21F6N5O2. The fraction of sp³-hybridized carbons (Fsp3) is 0.292. The van der Waals surface area contributed by atoms with Gasteiger partial charge >= 0.3 is 12.4 Å². The fourth-order valence-electron chi connectivity index (χ4n) is 4.03. The highest BCUT2D eigenvalue weighted by molar-refractivity contribution is 5.75. The Morgan fingerprint density at radius 3 is 2.54 bits per heavy atom. The molecule has 13 heteroatoms. The van der Waals surface area contributed by atoms with Gasteiger partial charge in [-0.15, -0.1) is 0 Å². The second kappa shape index (κ2) is 10.1. The third-order valence-corrected chi connectivity index (χ3v) is 5.73. The highest BCUT2D eigenvalue weighted by Gasteiger charge is 2.36. The van der Waals surface area contributed by atoms with Gasteiger partial charge in [0.05, 0.1) is 11.1 Å². The van der Waals surface area contributed by atoms with Crippen LogP contribution in [-0.2, 0) is 12.4 Å². The Balaban J connectivity index is 1.52. The first-order valence-electron chi connectivity index (χ1n) is 11.1. The third kappa shape index (κ3) is 5.87. The number of aromatic nitrogens is 2. The van der Waals surface area contributed by atoms with Crippen LogP contribution in [0.1, 0.15) is 41.5 Å². The molecule has 3 N–H and O–H groups in total. The van der Waals surface area contributed by atoms with Crippen LogP contribution < -0.4 is 10.5 Å². The predicted molar refractivity (Wildman–Crippen MR) is 121 cm³/mol. The lowest BCUT2D eigenvalue weighted by molar-refractivity contribution is -0.139. The van der Waals surface area contributed by atoms with E-state index in [2.05, 4.69) is 10.1 Å². The quantitative estimate of drug-likeness (QED) is 0.236. The molecule has 37 heavy (non-hydrogen) atoms. The number of nitrogens with two attached hydrogens (primary N) is 1. The molecule has 4 rings (SSSR count). The second-order valence-corrected chi connectivity index (χ2v) is 8.20. The molecule has 1 aromatic heterocycles. The number of guanidine groups is 1. The Labute approximate surface area is 207 Å². The number of ether oxygens (including phenoxy) is 1. The summed E-state index contributed by atoms with van der Waals surface area (Å²) in [7, 11) is 0. The van der Waals surface area contributed by atoms with Gasteiger partial charge in [0.15, 0.2) is 5.96 Å². The van der Waals surface area contributed by atoms with Gasteiger partial charge in [0.25, 0.3) is 0 Å². The Morgan fingerprint density at radius 2 is 1.84 bits per heavy atom. The summed E-state index contributed by atoms with van der Waals surface area (Å²) in [6, 6.07) is 7.60. The molecule has 7 nitrogen and oxygen atoms in total. The van der Waals surface area contributed by atoms with E-state index < -0.39 is 41.9 Å². The molecule has 3 aromatic rings. The van der Waals surface area contributed by atoms with Crippen molar-refractivity contribution < 1.29 is 35.6 Å². The third-order valence-electron chi connectivity index (χ3n) is 5.73. The maximum Gasteiger partial charge on any atom is 0.419 e. The first-order valence-corrected chi connectivity index (χ1v) is 11.1. The van der Waals surface area contributed by atoms with Gasteiger partial charge in [-0.25, -0.2) is 0 Å². The van der Waals surface area contributed by atoms with E-state index in [-0.39, 0.29) is 28.8 Å². The molecule has 0 unspecified atom stereocenters. The first kappa shape index (κ1) is 26.0. The van der Waals surface area contributed by atoms with Crippen LogP contribution in [0.3, 0.4) is 0 Å². The molecule has 1 aliphatic heterocycles. The van der Waals surface area contributed by atoms with Crippen molar-refractivity contribution in [2.45, 2.75) is 31.2 Å². The van der Waals surface area contributed by atoms with E-state index in [1.165, 1.54) is 30.3 Å². The monoisotopic (exact) mass is 525 g/mol. The lowest BCUT2D eigenvalue weighted by Crippen LogP contribution is -2.35. The number of hydrogen-bond acceptors (Lipinski definition) is 5. The van der Waals surface area contributed by atoms with Crippen LogP contribution in [0.4, 0.5) is 26.3 Å². The highest BCUT2D eigenvalue weighted by atomic mass is 19.4. The van der Waals surface area contributed by atoms with Crippen molar-refractivity contribution in [2.24, 2.45) is 5.73 Å². The minimum Gasteiger partial charge on any atom is -0.489 e. The molecule has 0 bridgehead atoms. The fourth-order valence-corrected chi connectivity index (χ4v) is 4.03. The zero-order valence-electron chi connectivity index (χ0n) is 19.1. The number of likely N-dealkylation sites (tertiary alicyclic amines) is 1. The summed E-state index contributed by atoms with van der Waals surface area (Å²) in [4.78, 5) is 5.77. The zero-order valence-corrected chi connectivity index (χ0v) is 19.1. The summed E-state index contributed by atoms with van der Waals surface area (Å²) >= 11 is 0. The normalized spacial score (nSPS) is 16.5. The maximum atomic E-state index is 13.8. The van der Waals surface area contributed by atoms with Gasteiger partial charge in [-0.1, -0.05) is 29.4 Å². The highest BCUT2D eigenvalue weighted by Crippen LogP contribution is 2.39. The van der Waals surface area contributed by atoms with Gasteiger partial charge in [-0.3, -0.25) is 5.41 Å². The van der Waals surface area contributed by atoms with Crippen molar-refractivity contribution in [3.8, 4) is 17.1 Å². The van der Waals surface area contributed by atoms with Crippen molar-refractivity contribution in [1.29, 1.82) is 5.41 Å². The predicted octanol–water partition coefficient (Wildman–Crippen LogP) is 5.90. The van der Waals surface area contributed by atoms with E-state index in [9.17, 15) is 26.3 Å². The van der Waals surface area contributed by atoms with E-state index >= 15 is 0 Å². The summed E-state index contributed by atoms with van der Waals surface area (Å²) in [5, 5.41) is 11.4. The van der Waals surface area contributed by atoms with Crippen LogP contribution in [0, 0.1) is 5.41 Å². The SMILES string of the molecule is N=C(N)N1CCC[C@H]1c1nc(-c2ccc(OCC=Cc3ccccc3C(F)(F)F)c(C(F)(F)F)c2)no1. The molecule has 1 fully saturated rings. The molecule has 1 saturated heterocycles. The number of nitrogens with zero attached hydrogens (tertiary/aromatic N) is 3. The van der Waals surface area contributed by atoms with Crippen LogP contribution in [0.15, 0.2) is 53.1 Å². The molecule has 0 radical (unpaired) electrons. The molecule has 196 valence electrons. The summed E-state index contributed by atoms with van der Waals surface area (Å²) in [6.07, 6.45) is -5.68. The van der Waals surface area contributed by atoms with Gasteiger partial charge in [0, 0.05) is 12.1 Å². The number of halogens is 6. The molecule has 1 aliphatic rings. The Kier molecular flexibility index (Phi) is 7.14. The number of hydrogen-bond donors (Lipinski definition) is 2. The number of benzene rings is 2.